The van der Waals surface area contributed by atoms with Gasteiger partial charge in [0.15, 0.2) is 5.82 Å². The van der Waals surface area contributed by atoms with Crippen molar-refractivity contribution in [1.82, 2.24) is 14.5 Å². The van der Waals surface area contributed by atoms with Crippen molar-refractivity contribution in [1.29, 1.82) is 0 Å². The fraction of sp³-hybridized carbons (Fsp3) is 0.333. The zero-order chi connectivity index (χ0) is 22.2. The lowest BCUT2D eigenvalue weighted by atomic mass is 10.0. The zero-order valence-corrected chi connectivity index (χ0v) is 19.3. The maximum Gasteiger partial charge on any atom is 0.243 e. The van der Waals surface area contributed by atoms with E-state index < -0.39 is 10.0 Å². The van der Waals surface area contributed by atoms with Gasteiger partial charge in [-0.25, -0.2) is 8.42 Å². The van der Waals surface area contributed by atoms with Crippen LogP contribution in [0.15, 0.2) is 53.4 Å². The van der Waals surface area contributed by atoms with Crippen molar-refractivity contribution < 1.29 is 8.42 Å². The van der Waals surface area contributed by atoms with Gasteiger partial charge in [0, 0.05) is 31.7 Å². The van der Waals surface area contributed by atoms with E-state index in [2.05, 4.69) is 47.1 Å². The summed E-state index contributed by atoms with van der Waals surface area (Å²) >= 11 is 0. The van der Waals surface area contributed by atoms with Gasteiger partial charge in [0.05, 0.1) is 10.6 Å². The molecule has 162 valence electrons. The molecule has 6 nitrogen and oxygen atoms in total. The Hall–Kier alpha value is -2.77. The predicted molar refractivity (Wildman–Crippen MR) is 124 cm³/mol. The molecule has 0 saturated carbocycles. The smallest absolute Gasteiger partial charge is 0.243 e. The average molecular weight is 437 g/mol. The predicted octanol–water partition coefficient (Wildman–Crippen LogP) is 3.89. The molecule has 0 unspecified atom stereocenters. The highest BCUT2D eigenvalue weighted by atomic mass is 32.2. The lowest BCUT2D eigenvalue weighted by molar-refractivity contribution is 0.383. The Balaban J connectivity index is 1.45. The van der Waals surface area contributed by atoms with E-state index in [1.807, 2.05) is 38.1 Å². The summed E-state index contributed by atoms with van der Waals surface area (Å²) in [6, 6.07) is 15.7. The van der Waals surface area contributed by atoms with Crippen LogP contribution in [0.5, 0.6) is 0 Å². The minimum atomic E-state index is -3.49. The number of aromatic nitrogens is 2. The van der Waals surface area contributed by atoms with Crippen LogP contribution in [0.3, 0.4) is 0 Å². The van der Waals surface area contributed by atoms with E-state index >= 15 is 0 Å². The lowest BCUT2D eigenvalue weighted by Crippen LogP contribution is -2.49. The molecule has 0 amide bonds. The highest BCUT2D eigenvalue weighted by Crippen LogP contribution is 2.25. The third-order valence-corrected chi connectivity index (χ3v) is 8.02. The van der Waals surface area contributed by atoms with Crippen molar-refractivity contribution >= 4 is 15.8 Å². The third-order valence-electron chi connectivity index (χ3n) is 5.96. The maximum atomic E-state index is 13.1. The van der Waals surface area contributed by atoms with E-state index in [-0.39, 0.29) is 0 Å². The normalized spacial score (nSPS) is 15.3. The molecule has 1 aliphatic rings. The summed E-state index contributed by atoms with van der Waals surface area (Å²) in [5, 5.41) is 8.81. The number of rotatable bonds is 4. The van der Waals surface area contributed by atoms with Crippen LogP contribution in [0.4, 0.5) is 5.82 Å². The molecule has 3 aromatic rings. The number of anilines is 1. The van der Waals surface area contributed by atoms with Gasteiger partial charge in [-0.1, -0.05) is 29.8 Å². The Kier molecular flexibility index (Phi) is 5.81. The minimum absolute atomic E-state index is 0.393. The van der Waals surface area contributed by atoms with Crippen molar-refractivity contribution in [2.45, 2.75) is 32.6 Å². The Morgan fingerprint density at radius 1 is 0.742 bits per heavy atom. The van der Waals surface area contributed by atoms with Crippen LogP contribution < -0.4 is 4.90 Å². The monoisotopic (exact) mass is 436 g/mol. The van der Waals surface area contributed by atoms with Crippen molar-refractivity contribution in [3.05, 3.63) is 70.8 Å². The second-order valence-corrected chi connectivity index (χ2v) is 10.1. The first kappa shape index (κ1) is 21.5. The third kappa shape index (κ3) is 4.34. The summed E-state index contributed by atoms with van der Waals surface area (Å²) in [6.07, 6.45) is 0. The van der Waals surface area contributed by atoms with Gasteiger partial charge < -0.3 is 4.90 Å². The number of hydrogen-bond donors (Lipinski definition) is 0. The molecule has 0 atom stereocenters. The van der Waals surface area contributed by atoms with E-state index in [0.29, 0.717) is 31.1 Å². The van der Waals surface area contributed by atoms with Crippen LogP contribution in [0.2, 0.25) is 0 Å². The van der Waals surface area contributed by atoms with Crippen molar-refractivity contribution in [3.8, 4) is 11.3 Å². The topological polar surface area (TPSA) is 66.4 Å². The van der Waals surface area contributed by atoms with Crippen molar-refractivity contribution in [2.75, 3.05) is 31.1 Å². The van der Waals surface area contributed by atoms with Gasteiger partial charge in [-0.3, -0.25) is 0 Å². The molecule has 1 fully saturated rings. The highest BCUT2D eigenvalue weighted by Gasteiger charge is 2.30. The molecule has 2 heterocycles. The Labute approximate surface area is 184 Å². The van der Waals surface area contributed by atoms with Gasteiger partial charge in [0.25, 0.3) is 0 Å². The summed E-state index contributed by atoms with van der Waals surface area (Å²) in [7, 11) is -3.49. The summed E-state index contributed by atoms with van der Waals surface area (Å²) in [5.74, 6) is 0.774. The first-order valence-corrected chi connectivity index (χ1v) is 11.9. The summed E-state index contributed by atoms with van der Waals surface area (Å²) < 4.78 is 27.8. The molecular weight excluding hydrogens is 408 g/mol. The molecule has 0 aliphatic carbocycles. The van der Waals surface area contributed by atoms with Gasteiger partial charge in [-0.05, 0) is 68.7 Å². The van der Waals surface area contributed by atoms with Gasteiger partial charge in [-0.15, -0.1) is 10.2 Å². The first-order valence-electron chi connectivity index (χ1n) is 10.5. The second-order valence-electron chi connectivity index (χ2n) is 8.24. The number of piperazine rings is 1. The standard InChI is InChI=1S/C24H28N4O2S/c1-17-5-9-23(20(4)15-17)31(29,30)28-13-11-27(12-14-28)24-10-8-22(25-26-24)21-7-6-18(2)19(3)16-21/h5-10,15-16H,11-14H2,1-4H3. The minimum Gasteiger partial charge on any atom is -0.352 e. The summed E-state index contributed by atoms with van der Waals surface area (Å²) in [5.41, 5.74) is 6.21. The van der Waals surface area contributed by atoms with Gasteiger partial charge in [0.2, 0.25) is 10.0 Å². The van der Waals surface area contributed by atoms with Crippen LogP contribution in [-0.2, 0) is 10.0 Å². The van der Waals surface area contributed by atoms with Crippen LogP contribution in [0, 0.1) is 27.7 Å². The summed E-state index contributed by atoms with van der Waals surface area (Å²) in [4.78, 5) is 2.48. The number of benzene rings is 2. The molecule has 1 saturated heterocycles. The molecule has 31 heavy (non-hydrogen) atoms. The van der Waals surface area contributed by atoms with E-state index in [9.17, 15) is 8.42 Å². The van der Waals surface area contributed by atoms with Crippen molar-refractivity contribution in [2.24, 2.45) is 0 Å². The van der Waals surface area contributed by atoms with Crippen LogP contribution in [0.25, 0.3) is 11.3 Å². The van der Waals surface area contributed by atoms with Gasteiger partial charge in [0.1, 0.15) is 0 Å². The van der Waals surface area contributed by atoms with E-state index in [1.165, 1.54) is 11.1 Å². The Morgan fingerprint density at radius 2 is 1.48 bits per heavy atom. The lowest BCUT2D eigenvalue weighted by Gasteiger charge is -2.34. The molecule has 0 N–H and O–H groups in total. The van der Waals surface area contributed by atoms with Gasteiger partial charge >= 0.3 is 0 Å². The van der Waals surface area contributed by atoms with Crippen LogP contribution >= 0.6 is 0 Å². The van der Waals surface area contributed by atoms with E-state index in [1.54, 1.807) is 10.4 Å². The fourth-order valence-electron chi connectivity index (χ4n) is 3.93. The molecule has 1 aliphatic heterocycles. The maximum absolute atomic E-state index is 13.1. The molecule has 7 heteroatoms. The highest BCUT2D eigenvalue weighted by molar-refractivity contribution is 7.89. The average Bonchev–Trinajstić information content (AvgIpc) is 2.76. The largest absolute Gasteiger partial charge is 0.352 e. The summed E-state index contributed by atoms with van der Waals surface area (Å²) in [6.45, 7) is 10.0. The van der Waals surface area contributed by atoms with E-state index in [4.69, 9.17) is 0 Å². The molecular formula is C24H28N4O2S. The van der Waals surface area contributed by atoms with Crippen LogP contribution in [-0.4, -0.2) is 49.1 Å². The SMILES string of the molecule is Cc1ccc(S(=O)(=O)N2CCN(c3ccc(-c4ccc(C)c(C)c4)nn3)CC2)c(C)c1. The molecule has 0 spiro atoms. The van der Waals surface area contributed by atoms with Gasteiger partial charge in [-0.2, -0.15) is 4.31 Å². The molecule has 2 aromatic carbocycles. The Bertz CT molecular complexity index is 1200. The number of sulfonamides is 1. The number of nitrogens with zero attached hydrogens (tertiary/aromatic N) is 4. The number of aryl methyl sites for hydroxylation is 4. The zero-order valence-electron chi connectivity index (χ0n) is 18.5. The quantitative estimate of drug-likeness (QED) is 0.621. The van der Waals surface area contributed by atoms with Crippen molar-refractivity contribution in [3.63, 3.8) is 0 Å². The first-order chi connectivity index (χ1) is 14.8. The molecule has 0 bridgehead atoms. The number of hydrogen-bond acceptors (Lipinski definition) is 5. The van der Waals surface area contributed by atoms with Crippen LogP contribution in [0.1, 0.15) is 22.3 Å². The second kappa shape index (κ2) is 8.40. The molecule has 1 aromatic heterocycles. The molecule has 4 rings (SSSR count). The fourth-order valence-corrected chi connectivity index (χ4v) is 5.56. The van der Waals surface area contributed by atoms with E-state index in [0.717, 1.165) is 28.2 Å². The Morgan fingerprint density at radius 3 is 2.10 bits per heavy atom. The molecule has 0 radical (unpaired) electrons.